The third-order valence-corrected chi connectivity index (χ3v) is 4.86. The maximum absolute atomic E-state index is 12.8. The van der Waals surface area contributed by atoms with Crippen molar-refractivity contribution in [3.05, 3.63) is 35.4 Å². The van der Waals surface area contributed by atoms with Gasteiger partial charge >= 0.3 is 6.18 Å². The van der Waals surface area contributed by atoms with E-state index in [1.165, 1.54) is 6.07 Å². The zero-order valence-corrected chi connectivity index (χ0v) is 11.3. The average Bonchev–Trinajstić information content (AvgIpc) is 2.62. The summed E-state index contributed by atoms with van der Waals surface area (Å²) in [6, 6.07) is 5.69. The Morgan fingerprint density at radius 1 is 1.20 bits per heavy atom. The number of hydrogen-bond acceptors (Lipinski definition) is 2. The molecule has 0 aliphatic carbocycles. The number of alkyl halides is 3. The summed E-state index contributed by atoms with van der Waals surface area (Å²) in [6.07, 6.45) is -1.30. The molecule has 2 saturated heterocycles. The van der Waals surface area contributed by atoms with Gasteiger partial charge in [-0.3, -0.25) is 0 Å². The molecule has 0 amide bonds. The molecule has 2 aliphatic heterocycles. The molecule has 1 aromatic carbocycles. The molecular weight excluding hydrogens is 267 g/mol. The Kier molecular flexibility index (Phi) is 3.10. The van der Waals surface area contributed by atoms with Crippen LogP contribution in [0.25, 0.3) is 0 Å². The Morgan fingerprint density at radius 2 is 1.80 bits per heavy atom. The van der Waals surface area contributed by atoms with Crippen LogP contribution in [0.15, 0.2) is 24.3 Å². The van der Waals surface area contributed by atoms with Gasteiger partial charge in [0.05, 0.1) is 11.2 Å². The van der Waals surface area contributed by atoms with E-state index in [-0.39, 0.29) is 12.1 Å². The van der Waals surface area contributed by atoms with E-state index < -0.39 is 17.3 Å². The summed E-state index contributed by atoms with van der Waals surface area (Å²) in [4.78, 5) is 2.25. The maximum atomic E-state index is 12.8. The average molecular weight is 285 g/mol. The molecule has 1 aromatic rings. The van der Waals surface area contributed by atoms with Crippen LogP contribution in [-0.2, 0) is 11.8 Å². The van der Waals surface area contributed by atoms with Crippen molar-refractivity contribution < 1.29 is 18.3 Å². The quantitative estimate of drug-likeness (QED) is 0.857. The van der Waals surface area contributed by atoms with Gasteiger partial charge in [-0.2, -0.15) is 13.2 Å². The van der Waals surface area contributed by atoms with Gasteiger partial charge in [0.25, 0.3) is 0 Å². The molecule has 0 spiro atoms. The second-order valence-corrected chi connectivity index (χ2v) is 6.07. The first-order chi connectivity index (χ1) is 9.29. The summed E-state index contributed by atoms with van der Waals surface area (Å²) >= 11 is 0. The van der Waals surface area contributed by atoms with Crippen LogP contribution >= 0.6 is 0 Å². The monoisotopic (exact) mass is 285 g/mol. The van der Waals surface area contributed by atoms with E-state index >= 15 is 0 Å². The Labute approximate surface area is 116 Å². The maximum Gasteiger partial charge on any atom is 0.416 e. The summed E-state index contributed by atoms with van der Waals surface area (Å²) in [5.74, 6) is 0. The van der Waals surface area contributed by atoms with E-state index in [4.69, 9.17) is 0 Å². The van der Waals surface area contributed by atoms with Crippen molar-refractivity contribution in [2.75, 3.05) is 7.05 Å². The second kappa shape index (κ2) is 4.46. The van der Waals surface area contributed by atoms with Gasteiger partial charge in [-0.05, 0) is 50.4 Å². The minimum absolute atomic E-state index is 0.272. The number of halogens is 3. The first-order valence-corrected chi connectivity index (χ1v) is 6.92. The summed E-state index contributed by atoms with van der Waals surface area (Å²) in [5, 5.41) is 10.8. The van der Waals surface area contributed by atoms with Crippen molar-refractivity contribution in [2.45, 2.75) is 49.5 Å². The Bertz CT molecular complexity index is 500. The van der Waals surface area contributed by atoms with Gasteiger partial charge in [0, 0.05) is 12.1 Å². The minimum Gasteiger partial charge on any atom is -0.385 e. The first-order valence-electron chi connectivity index (χ1n) is 6.92. The molecule has 2 unspecified atom stereocenters. The van der Waals surface area contributed by atoms with Crippen molar-refractivity contribution in [1.29, 1.82) is 0 Å². The highest BCUT2D eigenvalue weighted by molar-refractivity contribution is 5.31. The molecule has 2 nitrogen and oxygen atoms in total. The van der Waals surface area contributed by atoms with E-state index in [0.717, 1.165) is 25.0 Å². The van der Waals surface area contributed by atoms with Gasteiger partial charge in [-0.1, -0.05) is 12.1 Å². The largest absolute Gasteiger partial charge is 0.416 e. The fourth-order valence-corrected chi connectivity index (χ4v) is 3.67. The molecule has 2 aliphatic rings. The van der Waals surface area contributed by atoms with Crippen LogP contribution in [0.3, 0.4) is 0 Å². The Balaban J connectivity index is 1.93. The highest BCUT2D eigenvalue weighted by Gasteiger charge is 2.47. The lowest BCUT2D eigenvalue weighted by molar-refractivity contribution is -0.137. The molecule has 20 heavy (non-hydrogen) atoms. The zero-order valence-electron chi connectivity index (χ0n) is 11.3. The van der Waals surface area contributed by atoms with Crippen LogP contribution in [0.2, 0.25) is 0 Å². The van der Waals surface area contributed by atoms with E-state index in [1.807, 2.05) is 7.05 Å². The Morgan fingerprint density at radius 3 is 2.35 bits per heavy atom. The highest BCUT2D eigenvalue weighted by Crippen LogP contribution is 2.45. The van der Waals surface area contributed by atoms with Gasteiger partial charge in [0.15, 0.2) is 0 Å². The van der Waals surface area contributed by atoms with Crippen LogP contribution < -0.4 is 0 Å². The zero-order chi connectivity index (χ0) is 14.5. The van der Waals surface area contributed by atoms with Crippen molar-refractivity contribution in [1.82, 2.24) is 4.90 Å². The lowest BCUT2D eigenvalue weighted by Gasteiger charge is -2.42. The molecule has 0 aromatic heterocycles. The predicted molar refractivity (Wildman–Crippen MR) is 69.1 cm³/mol. The number of nitrogens with zero attached hydrogens (tertiary/aromatic N) is 1. The van der Waals surface area contributed by atoms with Crippen LogP contribution in [0, 0.1) is 0 Å². The van der Waals surface area contributed by atoms with Gasteiger partial charge in [0.1, 0.15) is 0 Å². The molecule has 110 valence electrons. The second-order valence-electron chi connectivity index (χ2n) is 6.07. The van der Waals surface area contributed by atoms with Crippen LogP contribution in [0.5, 0.6) is 0 Å². The topological polar surface area (TPSA) is 23.5 Å². The van der Waals surface area contributed by atoms with Crippen molar-refractivity contribution in [3.8, 4) is 0 Å². The molecule has 3 rings (SSSR count). The van der Waals surface area contributed by atoms with E-state index in [9.17, 15) is 18.3 Å². The fraction of sp³-hybridized carbons (Fsp3) is 0.600. The third kappa shape index (κ3) is 2.23. The molecule has 2 fully saturated rings. The normalized spacial score (nSPS) is 34.5. The standard InChI is InChI=1S/C15H18F3NO/c1-19-12-5-6-13(19)9-14(20,8-12)10-3-2-4-11(7-10)15(16,17)18/h2-4,7,12-13,20H,5-6,8-9H2,1H3. The van der Waals surface area contributed by atoms with Gasteiger partial charge < -0.3 is 10.0 Å². The number of rotatable bonds is 1. The number of benzene rings is 1. The SMILES string of the molecule is CN1C2CCC1CC(O)(c1cccc(C(F)(F)F)c1)C2. The molecule has 1 N–H and O–H groups in total. The number of aliphatic hydroxyl groups is 1. The molecule has 0 saturated carbocycles. The third-order valence-electron chi connectivity index (χ3n) is 4.86. The van der Waals surface area contributed by atoms with Crippen molar-refractivity contribution in [3.63, 3.8) is 0 Å². The van der Waals surface area contributed by atoms with E-state index in [0.29, 0.717) is 18.4 Å². The van der Waals surface area contributed by atoms with E-state index in [2.05, 4.69) is 4.90 Å². The molecule has 0 radical (unpaired) electrons. The number of hydrogen-bond donors (Lipinski definition) is 1. The van der Waals surface area contributed by atoms with Gasteiger partial charge in [-0.15, -0.1) is 0 Å². The lowest BCUT2D eigenvalue weighted by atomic mass is 9.80. The van der Waals surface area contributed by atoms with Gasteiger partial charge in [0.2, 0.25) is 0 Å². The van der Waals surface area contributed by atoms with Crippen LogP contribution in [0.1, 0.15) is 36.8 Å². The van der Waals surface area contributed by atoms with Crippen LogP contribution in [-0.4, -0.2) is 29.1 Å². The summed E-state index contributed by atoms with van der Waals surface area (Å²) < 4.78 is 38.4. The number of fused-ring (bicyclic) bond motifs is 2. The summed E-state index contributed by atoms with van der Waals surface area (Å²) in [6.45, 7) is 0. The summed E-state index contributed by atoms with van der Waals surface area (Å²) in [5.41, 5.74) is -1.41. The molecule has 2 heterocycles. The molecule has 2 bridgehead atoms. The minimum atomic E-state index is -4.36. The van der Waals surface area contributed by atoms with Gasteiger partial charge in [-0.25, -0.2) is 0 Å². The van der Waals surface area contributed by atoms with E-state index in [1.54, 1.807) is 6.07 Å². The fourth-order valence-electron chi connectivity index (χ4n) is 3.67. The molecule has 5 heteroatoms. The van der Waals surface area contributed by atoms with Crippen molar-refractivity contribution in [2.24, 2.45) is 0 Å². The lowest BCUT2D eigenvalue weighted by Crippen LogP contribution is -2.47. The number of piperidine rings is 1. The summed E-state index contributed by atoms with van der Waals surface area (Å²) in [7, 11) is 2.04. The highest BCUT2D eigenvalue weighted by atomic mass is 19.4. The smallest absolute Gasteiger partial charge is 0.385 e. The van der Waals surface area contributed by atoms with Crippen molar-refractivity contribution >= 4 is 0 Å². The van der Waals surface area contributed by atoms with Crippen LogP contribution in [0.4, 0.5) is 13.2 Å². The predicted octanol–water partition coefficient (Wildman–Crippen LogP) is 3.15. The molecular formula is C15H18F3NO. The Hall–Kier alpha value is -1.07. The first kappa shape index (κ1) is 13.9. The molecule has 2 atom stereocenters.